The maximum absolute atomic E-state index is 14.0. The van der Waals surface area contributed by atoms with Crippen LogP contribution in [0.2, 0.25) is 0 Å². The summed E-state index contributed by atoms with van der Waals surface area (Å²) in [4.78, 5) is 12.5. The Morgan fingerprint density at radius 3 is 2.25 bits per heavy atom. The number of carbonyl (C=O) groups is 1. The Labute approximate surface area is 190 Å². The van der Waals surface area contributed by atoms with Gasteiger partial charge in [0.05, 0.1) is 17.6 Å². The van der Waals surface area contributed by atoms with Crippen molar-refractivity contribution >= 4 is 5.97 Å². The summed E-state index contributed by atoms with van der Waals surface area (Å²) in [5, 5.41) is 8.76. The lowest BCUT2D eigenvalue weighted by Gasteiger charge is -2.37. The first-order valence-corrected chi connectivity index (χ1v) is 12.2. The molecule has 0 radical (unpaired) electrons. The van der Waals surface area contributed by atoms with Gasteiger partial charge in [0.1, 0.15) is 6.07 Å². The van der Waals surface area contributed by atoms with Gasteiger partial charge < -0.3 is 9.47 Å². The van der Waals surface area contributed by atoms with E-state index in [0.717, 1.165) is 63.7 Å². The minimum Gasteiger partial charge on any atom is -0.423 e. The SMILES string of the molecule is CCCCCCOC1CCC(C2CCC(C(=O)Oc3ccc(C#N)c(F)c3F)CC2)CC1. The molecular weight excluding hydrogens is 412 g/mol. The highest BCUT2D eigenvalue weighted by molar-refractivity contribution is 5.75. The molecule has 6 heteroatoms. The predicted octanol–water partition coefficient (Wildman–Crippen LogP) is 6.70. The molecule has 2 aliphatic carbocycles. The van der Waals surface area contributed by atoms with Gasteiger partial charge in [0.25, 0.3) is 0 Å². The van der Waals surface area contributed by atoms with Gasteiger partial charge in [-0.05, 0) is 81.8 Å². The Bertz CT molecular complexity index is 791. The number of esters is 1. The van der Waals surface area contributed by atoms with E-state index in [9.17, 15) is 13.6 Å². The number of carbonyl (C=O) groups excluding carboxylic acids is 1. The van der Waals surface area contributed by atoms with Crippen LogP contribution in [0, 0.1) is 40.7 Å². The fraction of sp³-hybridized carbons (Fsp3) is 0.692. The van der Waals surface area contributed by atoms with Gasteiger partial charge in [0, 0.05) is 6.61 Å². The van der Waals surface area contributed by atoms with Gasteiger partial charge in [0.15, 0.2) is 11.6 Å². The molecule has 0 N–H and O–H groups in total. The number of unbranched alkanes of at least 4 members (excludes halogenated alkanes) is 3. The summed E-state index contributed by atoms with van der Waals surface area (Å²) in [6.45, 7) is 3.10. The van der Waals surface area contributed by atoms with E-state index in [1.807, 2.05) is 0 Å². The number of hydrogen-bond donors (Lipinski definition) is 0. The monoisotopic (exact) mass is 447 g/mol. The van der Waals surface area contributed by atoms with Crippen LogP contribution in [-0.4, -0.2) is 18.7 Å². The van der Waals surface area contributed by atoms with Crippen LogP contribution in [0.25, 0.3) is 0 Å². The third-order valence-corrected chi connectivity index (χ3v) is 7.22. The number of nitriles is 1. The second-order valence-electron chi connectivity index (χ2n) is 9.35. The Morgan fingerprint density at radius 2 is 1.62 bits per heavy atom. The number of halogens is 2. The van der Waals surface area contributed by atoms with E-state index >= 15 is 0 Å². The zero-order chi connectivity index (χ0) is 22.9. The molecule has 0 bridgehead atoms. The molecule has 1 aromatic rings. The van der Waals surface area contributed by atoms with Crippen molar-refractivity contribution in [3.05, 3.63) is 29.3 Å². The first-order chi connectivity index (χ1) is 15.5. The highest BCUT2D eigenvalue weighted by Gasteiger charge is 2.34. The molecule has 1 aromatic carbocycles. The Kier molecular flexibility index (Phi) is 9.47. The van der Waals surface area contributed by atoms with Crippen LogP contribution in [-0.2, 0) is 9.53 Å². The zero-order valence-electron chi connectivity index (χ0n) is 19.1. The van der Waals surface area contributed by atoms with Gasteiger partial charge in [-0.25, -0.2) is 4.39 Å². The molecule has 0 unspecified atom stereocenters. The molecule has 0 atom stereocenters. The lowest BCUT2D eigenvalue weighted by molar-refractivity contribution is -0.140. The van der Waals surface area contributed by atoms with Gasteiger partial charge in [0.2, 0.25) is 5.82 Å². The predicted molar refractivity (Wildman–Crippen MR) is 118 cm³/mol. The van der Waals surface area contributed by atoms with Crippen LogP contribution in [0.5, 0.6) is 5.75 Å². The van der Waals surface area contributed by atoms with E-state index in [4.69, 9.17) is 14.7 Å². The van der Waals surface area contributed by atoms with Crippen LogP contribution in [0.3, 0.4) is 0 Å². The van der Waals surface area contributed by atoms with Crippen molar-refractivity contribution < 1.29 is 23.0 Å². The van der Waals surface area contributed by atoms with Crippen LogP contribution in [0.1, 0.15) is 89.5 Å². The largest absolute Gasteiger partial charge is 0.423 e. The van der Waals surface area contributed by atoms with Gasteiger partial charge in [-0.1, -0.05) is 26.2 Å². The van der Waals surface area contributed by atoms with E-state index in [2.05, 4.69) is 6.92 Å². The Hall–Kier alpha value is -2.00. The second kappa shape index (κ2) is 12.3. The number of benzene rings is 1. The number of rotatable bonds is 9. The van der Waals surface area contributed by atoms with Crippen molar-refractivity contribution in [3.8, 4) is 11.8 Å². The van der Waals surface area contributed by atoms with Crippen molar-refractivity contribution in [2.24, 2.45) is 17.8 Å². The van der Waals surface area contributed by atoms with E-state index in [-0.39, 0.29) is 5.92 Å². The third kappa shape index (κ3) is 6.51. The van der Waals surface area contributed by atoms with Crippen molar-refractivity contribution in [2.45, 2.75) is 90.1 Å². The van der Waals surface area contributed by atoms with Crippen LogP contribution in [0.4, 0.5) is 8.78 Å². The molecular formula is C26H35F2NO3. The zero-order valence-corrected chi connectivity index (χ0v) is 19.1. The summed E-state index contributed by atoms with van der Waals surface area (Å²) in [5.41, 5.74) is -0.403. The van der Waals surface area contributed by atoms with Crippen molar-refractivity contribution in [3.63, 3.8) is 0 Å². The molecule has 0 aromatic heterocycles. The average Bonchev–Trinajstić information content (AvgIpc) is 2.82. The molecule has 0 aliphatic heterocycles. The molecule has 0 amide bonds. The van der Waals surface area contributed by atoms with Gasteiger partial charge >= 0.3 is 5.97 Å². The van der Waals surface area contributed by atoms with Crippen molar-refractivity contribution in [1.29, 1.82) is 5.26 Å². The molecule has 32 heavy (non-hydrogen) atoms. The molecule has 0 saturated heterocycles. The average molecular weight is 448 g/mol. The molecule has 2 saturated carbocycles. The second-order valence-corrected chi connectivity index (χ2v) is 9.35. The molecule has 0 spiro atoms. The topological polar surface area (TPSA) is 59.3 Å². The van der Waals surface area contributed by atoms with Crippen LogP contribution in [0.15, 0.2) is 12.1 Å². The third-order valence-electron chi connectivity index (χ3n) is 7.22. The molecule has 2 fully saturated rings. The minimum absolute atomic E-state index is 0.285. The van der Waals surface area contributed by atoms with E-state index in [1.165, 1.54) is 32.1 Å². The summed E-state index contributed by atoms with van der Waals surface area (Å²) in [5.74, 6) is -2.48. The first-order valence-electron chi connectivity index (χ1n) is 12.2. The van der Waals surface area contributed by atoms with Crippen molar-refractivity contribution in [1.82, 2.24) is 0 Å². The van der Waals surface area contributed by atoms with Gasteiger partial charge in [-0.15, -0.1) is 0 Å². The summed E-state index contributed by atoms with van der Waals surface area (Å²) in [7, 11) is 0. The normalized spacial score (nSPS) is 25.8. The van der Waals surface area contributed by atoms with E-state index in [1.54, 1.807) is 6.07 Å². The molecule has 3 rings (SSSR count). The fourth-order valence-corrected chi connectivity index (χ4v) is 5.22. The minimum atomic E-state index is -1.28. The quantitative estimate of drug-likeness (QED) is 0.240. The summed E-state index contributed by atoms with van der Waals surface area (Å²) < 4.78 is 39.0. The molecule has 2 aliphatic rings. The van der Waals surface area contributed by atoms with Gasteiger partial charge in [-0.2, -0.15) is 9.65 Å². The lowest BCUT2D eigenvalue weighted by atomic mass is 9.70. The van der Waals surface area contributed by atoms with Crippen LogP contribution < -0.4 is 4.74 Å². The standard InChI is InChI=1S/C26H35F2NO3/c1-2-3-4-5-16-31-22-13-10-19(11-14-22)18-6-8-20(9-7-18)26(30)32-23-15-12-21(17-29)24(27)25(23)28/h12,15,18-20,22H,2-11,13-14,16H2,1H3. The van der Waals surface area contributed by atoms with Gasteiger partial charge in [-0.3, -0.25) is 4.79 Å². The highest BCUT2D eigenvalue weighted by Crippen LogP contribution is 2.41. The maximum atomic E-state index is 14.0. The highest BCUT2D eigenvalue weighted by atomic mass is 19.2. The number of ether oxygens (including phenoxy) is 2. The maximum Gasteiger partial charge on any atom is 0.314 e. The van der Waals surface area contributed by atoms with E-state index < -0.39 is 28.9 Å². The molecule has 176 valence electrons. The number of nitrogens with zero attached hydrogens (tertiary/aromatic N) is 1. The lowest BCUT2D eigenvalue weighted by Crippen LogP contribution is -2.31. The summed E-state index contributed by atoms with van der Waals surface area (Å²) in [6, 6.07) is 3.84. The van der Waals surface area contributed by atoms with E-state index in [0.29, 0.717) is 17.9 Å². The van der Waals surface area contributed by atoms with Crippen LogP contribution >= 0.6 is 0 Å². The summed E-state index contributed by atoms with van der Waals surface area (Å²) >= 11 is 0. The fourth-order valence-electron chi connectivity index (χ4n) is 5.22. The summed E-state index contributed by atoms with van der Waals surface area (Å²) in [6.07, 6.45) is 13.4. The molecule has 0 heterocycles. The Balaban J connectivity index is 1.39. The first kappa shape index (κ1) is 24.6. The van der Waals surface area contributed by atoms with Crippen molar-refractivity contribution in [2.75, 3.05) is 6.61 Å². The smallest absolute Gasteiger partial charge is 0.314 e. The number of hydrogen-bond acceptors (Lipinski definition) is 4. The molecule has 4 nitrogen and oxygen atoms in total. The Morgan fingerprint density at radius 1 is 0.969 bits per heavy atom.